The van der Waals surface area contributed by atoms with Crippen LogP contribution < -0.4 is 0 Å². The number of benzene rings is 1. The zero-order valence-electron chi connectivity index (χ0n) is 11.1. The van der Waals surface area contributed by atoms with Crippen LogP contribution in [0.1, 0.15) is 57.2 Å². The van der Waals surface area contributed by atoms with Gasteiger partial charge in [-0.2, -0.15) is 0 Å². The average molecular weight is 231 g/mol. The van der Waals surface area contributed by atoms with Crippen LogP contribution >= 0.6 is 0 Å². The second-order valence-electron chi connectivity index (χ2n) is 6.32. The molecule has 0 atom stereocenters. The fraction of sp³-hybridized carbons (Fsp3) is 0.533. The zero-order valence-corrected chi connectivity index (χ0v) is 11.1. The molecule has 2 nitrogen and oxygen atoms in total. The molecule has 0 aliphatic heterocycles. The second-order valence-corrected chi connectivity index (χ2v) is 6.32. The van der Waals surface area contributed by atoms with E-state index in [1.807, 2.05) is 6.07 Å². The lowest BCUT2D eigenvalue weighted by Gasteiger charge is -2.41. The topological polar surface area (TPSA) is 32.6 Å². The molecule has 2 heteroatoms. The van der Waals surface area contributed by atoms with Crippen LogP contribution in [-0.2, 0) is 10.8 Å². The smallest absolute Gasteiger partial charge is 0.0733 e. The quantitative estimate of drug-likeness (QED) is 0.444. The first-order chi connectivity index (χ1) is 7.87. The maximum atomic E-state index is 8.63. The Morgan fingerprint density at radius 1 is 1.06 bits per heavy atom. The molecule has 0 aromatic heterocycles. The van der Waals surface area contributed by atoms with Gasteiger partial charge in [-0.1, -0.05) is 45.0 Å². The van der Waals surface area contributed by atoms with Gasteiger partial charge in [-0.3, -0.25) is 0 Å². The molecule has 0 saturated carbocycles. The van der Waals surface area contributed by atoms with Crippen LogP contribution in [0.15, 0.2) is 23.4 Å². The molecule has 0 unspecified atom stereocenters. The van der Waals surface area contributed by atoms with Gasteiger partial charge < -0.3 is 5.21 Å². The number of rotatable bonds is 1. The Morgan fingerprint density at radius 3 is 2.24 bits per heavy atom. The molecule has 0 bridgehead atoms. The van der Waals surface area contributed by atoms with E-state index in [9.17, 15) is 0 Å². The van der Waals surface area contributed by atoms with Gasteiger partial charge >= 0.3 is 0 Å². The van der Waals surface area contributed by atoms with Crippen LogP contribution in [0.25, 0.3) is 0 Å². The van der Waals surface area contributed by atoms with Crippen LogP contribution in [0, 0.1) is 0 Å². The molecule has 0 amide bonds. The summed E-state index contributed by atoms with van der Waals surface area (Å²) >= 11 is 0. The standard InChI is InChI=1S/C15H21NO/c1-14(2)7-8-15(3,4)13-9-11(10-16-17)5-6-12(13)14/h5-6,9-10,17H,7-8H2,1-4H3/b16-10+. The van der Waals surface area contributed by atoms with Crippen LogP contribution in [0.3, 0.4) is 0 Å². The lowest BCUT2D eigenvalue weighted by atomic mass is 9.63. The predicted octanol–water partition coefficient (Wildman–Crippen LogP) is 3.84. The SMILES string of the molecule is CC1(C)CCC(C)(C)c2cc(/C=N/O)ccc21. The van der Waals surface area contributed by atoms with Crippen molar-refractivity contribution in [1.29, 1.82) is 0 Å². The van der Waals surface area contributed by atoms with E-state index in [1.165, 1.54) is 30.2 Å². The van der Waals surface area contributed by atoms with Crippen LogP contribution in [0.5, 0.6) is 0 Å². The van der Waals surface area contributed by atoms with Crippen molar-refractivity contribution in [3.63, 3.8) is 0 Å². The first-order valence-electron chi connectivity index (χ1n) is 6.19. The minimum absolute atomic E-state index is 0.212. The highest BCUT2D eigenvalue weighted by atomic mass is 16.4. The summed E-state index contributed by atoms with van der Waals surface area (Å²) < 4.78 is 0. The second kappa shape index (κ2) is 3.86. The Morgan fingerprint density at radius 2 is 1.65 bits per heavy atom. The number of oxime groups is 1. The van der Waals surface area contributed by atoms with Crippen molar-refractivity contribution in [2.24, 2.45) is 5.16 Å². The lowest BCUT2D eigenvalue weighted by Crippen LogP contribution is -2.33. The van der Waals surface area contributed by atoms with Crippen molar-refractivity contribution in [2.75, 3.05) is 0 Å². The third kappa shape index (κ3) is 2.08. The maximum Gasteiger partial charge on any atom is 0.0733 e. The molecule has 0 saturated heterocycles. The van der Waals surface area contributed by atoms with Gasteiger partial charge in [-0.05, 0) is 46.4 Å². The summed E-state index contributed by atoms with van der Waals surface area (Å²) in [5, 5.41) is 11.7. The summed E-state index contributed by atoms with van der Waals surface area (Å²) in [6.45, 7) is 9.20. The van der Waals surface area contributed by atoms with Gasteiger partial charge in [0.05, 0.1) is 6.21 Å². The van der Waals surface area contributed by atoms with Gasteiger partial charge in [0, 0.05) is 0 Å². The third-order valence-electron chi connectivity index (χ3n) is 4.08. The number of hydrogen-bond acceptors (Lipinski definition) is 2. The van der Waals surface area contributed by atoms with E-state index >= 15 is 0 Å². The summed E-state index contributed by atoms with van der Waals surface area (Å²) in [5.74, 6) is 0. The summed E-state index contributed by atoms with van der Waals surface area (Å²) in [4.78, 5) is 0. The van der Waals surface area contributed by atoms with E-state index in [0.717, 1.165) is 5.56 Å². The number of nitrogens with zero attached hydrogens (tertiary/aromatic N) is 1. The Kier molecular flexibility index (Phi) is 2.76. The van der Waals surface area contributed by atoms with E-state index in [1.54, 1.807) is 0 Å². The maximum absolute atomic E-state index is 8.63. The summed E-state index contributed by atoms with van der Waals surface area (Å²) in [7, 11) is 0. The highest BCUT2D eigenvalue weighted by Crippen LogP contribution is 2.45. The summed E-state index contributed by atoms with van der Waals surface area (Å²) in [6, 6.07) is 6.38. The number of hydrogen-bond donors (Lipinski definition) is 1. The van der Waals surface area contributed by atoms with Crippen molar-refractivity contribution >= 4 is 6.21 Å². The molecule has 1 N–H and O–H groups in total. The minimum Gasteiger partial charge on any atom is -0.411 e. The van der Waals surface area contributed by atoms with Crippen molar-refractivity contribution in [2.45, 2.75) is 51.4 Å². The monoisotopic (exact) mass is 231 g/mol. The summed E-state index contributed by atoms with van der Waals surface area (Å²) in [5.41, 5.74) is 4.26. The van der Waals surface area contributed by atoms with E-state index in [0.29, 0.717) is 0 Å². The minimum atomic E-state index is 0.212. The molecule has 92 valence electrons. The molecule has 1 aliphatic carbocycles. The van der Waals surface area contributed by atoms with Gasteiger partial charge in [0.1, 0.15) is 0 Å². The van der Waals surface area contributed by atoms with Gasteiger partial charge in [0.2, 0.25) is 0 Å². The van der Waals surface area contributed by atoms with Crippen molar-refractivity contribution in [1.82, 2.24) is 0 Å². The predicted molar refractivity (Wildman–Crippen MR) is 71.1 cm³/mol. The van der Waals surface area contributed by atoms with Gasteiger partial charge in [-0.25, -0.2) is 0 Å². The third-order valence-corrected chi connectivity index (χ3v) is 4.08. The van der Waals surface area contributed by atoms with E-state index in [4.69, 9.17) is 5.21 Å². The molecule has 0 radical (unpaired) electrons. The number of fused-ring (bicyclic) bond motifs is 1. The lowest BCUT2D eigenvalue weighted by molar-refractivity contribution is 0.321. The van der Waals surface area contributed by atoms with E-state index < -0.39 is 0 Å². The Balaban J connectivity index is 2.60. The molecule has 1 aromatic carbocycles. The molecular weight excluding hydrogens is 210 g/mol. The molecule has 0 fully saturated rings. The Labute approximate surface area is 103 Å². The molecular formula is C15H21NO. The van der Waals surface area contributed by atoms with E-state index in [-0.39, 0.29) is 10.8 Å². The largest absolute Gasteiger partial charge is 0.411 e. The first kappa shape index (κ1) is 12.2. The summed E-state index contributed by atoms with van der Waals surface area (Å²) in [6.07, 6.45) is 3.92. The molecule has 2 rings (SSSR count). The average Bonchev–Trinajstić information content (AvgIpc) is 2.26. The van der Waals surface area contributed by atoms with Gasteiger partial charge in [0.15, 0.2) is 0 Å². The van der Waals surface area contributed by atoms with Crippen molar-refractivity contribution < 1.29 is 5.21 Å². The highest BCUT2D eigenvalue weighted by molar-refractivity contribution is 5.79. The molecule has 0 heterocycles. The molecule has 1 aromatic rings. The normalized spacial score (nSPS) is 21.4. The molecule has 17 heavy (non-hydrogen) atoms. The fourth-order valence-corrected chi connectivity index (χ4v) is 2.75. The van der Waals surface area contributed by atoms with Crippen molar-refractivity contribution in [3.8, 4) is 0 Å². The molecule has 0 spiro atoms. The van der Waals surface area contributed by atoms with Crippen LogP contribution in [0.2, 0.25) is 0 Å². The fourth-order valence-electron chi connectivity index (χ4n) is 2.75. The van der Waals surface area contributed by atoms with Crippen molar-refractivity contribution in [3.05, 3.63) is 34.9 Å². The van der Waals surface area contributed by atoms with Gasteiger partial charge in [-0.15, -0.1) is 0 Å². The molecule has 1 aliphatic rings. The van der Waals surface area contributed by atoms with Crippen LogP contribution in [-0.4, -0.2) is 11.4 Å². The first-order valence-corrected chi connectivity index (χ1v) is 6.19. The van der Waals surface area contributed by atoms with Gasteiger partial charge in [0.25, 0.3) is 0 Å². The zero-order chi connectivity index (χ0) is 12.7. The highest BCUT2D eigenvalue weighted by Gasteiger charge is 2.36. The van der Waals surface area contributed by atoms with Crippen LogP contribution in [0.4, 0.5) is 0 Å². The Hall–Kier alpha value is -1.31. The Bertz CT molecular complexity index is 458. The van der Waals surface area contributed by atoms with E-state index in [2.05, 4.69) is 45.0 Å².